The number of hydrogen-bond acceptors (Lipinski definition) is 3. The van der Waals surface area contributed by atoms with Gasteiger partial charge >= 0.3 is 0 Å². The molecule has 0 aromatic carbocycles. The predicted molar refractivity (Wildman–Crippen MR) is 79.1 cm³/mol. The molecule has 0 fully saturated rings. The van der Waals surface area contributed by atoms with E-state index in [2.05, 4.69) is 15.0 Å². The molecular weight excluding hydrogens is 297 g/mol. The van der Waals surface area contributed by atoms with Gasteiger partial charge in [0.1, 0.15) is 17.2 Å². The van der Waals surface area contributed by atoms with Crippen molar-refractivity contribution in [2.75, 3.05) is 0 Å². The molecule has 104 valence electrons. The van der Waals surface area contributed by atoms with Gasteiger partial charge in [-0.05, 0) is 13.0 Å². The molecule has 0 bridgehead atoms. The van der Waals surface area contributed by atoms with E-state index in [0.717, 1.165) is 22.8 Å². The van der Waals surface area contributed by atoms with E-state index in [0.29, 0.717) is 11.6 Å². The number of imidazole rings is 2. The van der Waals surface area contributed by atoms with Crippen molar-refractivity contribution < 1.29 is 0 Å². The van der Waals surface area contributed by atoms with Gasteiger partial charge in [-0.25, -0.2) is 15.0 Å². The third kappa shape index (κ3) is 2.27. The molecule has 1 atom stereocenters. The van der Waals surface area contributed by atoms with Crippen molar-refractivity contribution in [3.8, 4) is 0 Å². The summed E-state index contributed by atoms with van der Waals surface area (Å²) in [6.07, 6.45) is 5.29. The van der Waals surface area contributed by atoms with Crippen LogP contribution in [0.5, 0.6) is 0 Å². The smallest absolute Gasteiger partial charge is 0.160 e. The van der Waals surface area contributed by atoms with Crippen LogP contribution in [0.4, 0.5) is 0 Å². The molecule has 5 nitrogen and oxygen atoms in total. The molecule has 3 aromatic heterocycles. The number of alkyl halides is 1. The van der Waals surface area contributed by atoms with Gasteiger partial charge in [-0.1, -0.05) is 11.6 Å². The molecule has 3 rings (SSSR count). The lowest BCUT2D eigenvalue weighted by atomic mass is 10.4. The van der Waals surface area contributed by atoms with E-state index in [9.17, 15) is 0 Å². The highest BCUT2D eigenvalue weighted by Crippen LogP contribution is 2.25. The Morgan fingerprint density at radius 1 is 1.35 bits per heavy atom. The molecule has 1 unspecified atom stereocenters. The summed E-state index contributed by atoms with van der Waals surface area (Å²) >= 11 is 12.2. The van der Waals surface area contributed by atoms with Crippen molar-refractivity contribution in [1.29, 1.82) is 0 Å². The van der Waals surface area contributed by atoms with Crippen LogP contribution in [0.25, 0.3) is 11.2 Å². The van der Waals surface area contributed by atoms with Crippen molar-refractivity contribution in [1.82, 2.24) is 24.1 Å². The summed E-state index contributed by atoms with van der Waals surface area (Å²) < 4.78 is 3.94. The first-order valence-corrected chi connectivity index (χ1v) is 6.99. The second-order valence-electron chi connectivity index (χ2n) is 4.62. The Morgan fingerprint density at radius 3 is 2.80 bits per heavy atom. The summed E-state index contributed by atoms with van der Waals surface area (Å²) in [6, 6.07) is 1.79. The molecule has 3 aromatic rings. The van der Waals surface area contributed by atoms with Crippen LogP contribution in [0.1, 0.15) is 23.9 Å². The first-order chi connectivity index (χ1) is 9.56. The predicted octanol–water partition coefficient (Wildman–Crippen LogP) is 3.17. The van der Waals surface area contributed by atoms with Crippen molar-refractivity contribution in [2.45, 2.75) is 18.8 Å². The Bertz CT molecular complexity index is 759. The van der Waals surface area contributed by atoms with E-state index < -0.39 is 0 Å². The van der Waals surface area contributed by atoms with E-state index in [1.54, 1.807) is 18.5 Å². The minimum atomic E-state index is -0.219. The molecule has 0 saturated carbocycles. The molecule has 0 aliphatic heterocycles. The van der Waals surface area contributed by atoms with Gasteiger partial charge in [0.2, 0.25) is 0 Å². The zero-order chi connectivity index (χ0) is 14.3. The van der Waals surface area contributed by atoms with Gasteiger partial charge in [-0.15, -0.1) is 11.6 Å². The lowest BCUT2D eigenvalue weighted by Gasteiger charge is -2.09. The molecule has 0 N–H and O–H groups in total. The fourth-order valence-corrected chi connectivity index (χ4v) is 2.47. The van der Waals surface area contributed by atoms with Gasteiger partial charge < -0.3 is 9.13 Å². The molecule has 0 spiro atoms. The number of aryl methyl sites for hydroxylation is 1. The summed E-state index contributed by atoms with van der Waals surface area (Å²) in [5.74, 6) is 1.68. The van der Waals surface area contributed by atoms with Gasteiger partial charge in [0.25, 0.3) is 0 Å². The van der Waals surface area contributed by atoms with Crippen LogP contribution in [0.3, 0.4) is 0 Å². The summed E-state index contributed by atoms with van der Waals surface area (Å²) in [5.41, 5.74) is 1.51. The Kier molecular flexibility index (Phi) is 3.40. The number of hydrogen-bond donors (Lipinski definition) is 0. The molecule has 7 heteroatoms. The monoisotopic (exact) mass is 309 g/mol. The summed E-state index contributed by atoms with van der Waals surface area (Å²) in [6.45, 7) is 2.46. The number of fused-ring (bicyclic) bond motifs is 1. The van der Waals surface area contributed by atoms with E-state index in [-0.39, 0.29) is 5.38 Å². The fourth-order valence-electron chi connectivity index (χ4n) is 2.15. The third-order valence-corrected chi connectivity index (χ3v) is 3.56. The first kappa shape index (κ1) is 13.4. The second kappa shape index (κ2) is 5.07. The quantitative estimate of drug-likeness (QED) is 0.698. The van der Waals surface area contributed by atoms with E-state index in [4.69, 9.17) is 23.2 Å². The van der Waals surface area contributed by atoms with Crippen LogP contribution < -0.4 is 0 Å². The third-order valence-electron chi connectivity index (χ3n) is 3.16. The fraction of sp³-hybridized carbons (Fsp3) is 0.308. The van der Waals surface area contributed by atoms with Gasteiger partial charge in [0.15, 0.2) is 5.65 Å². The zero-order valence-electron chi connectivity index (χ0n) is 11.1. The highest BCUT2D eigenvalue weighted by molar-refractivity contribution is 6.31. The average Bonchev–Trinajstić information content (AvgIpc) is 2.95. The SMILES string of the molecule is CC(Cl)c1nc2cc(Cl)cnc2n1Cc1nccn1C. The van der Waals surface area contributed by atoms with Crippen LogP contribution in [0.15, 0.2) is 24.7 Å². The maximum absolute atomic E-state index is 6.23. The number of aromatic nitrogens is 5. The van der Waals surface area contributed by atoms with Gasteiger partial charge in [0.05, 0.1) is 16.9 Å². The minimum absolute atomic E-state index is 0.219. The summed E-state index contributed by atoms with van der Waals surface area (Å²) in [7, 11) is 1.95. The van der Waals surface area contributed by atoms with Crippen LogP contribution >= 0.6 is 23.2 Å². The van der Waals surface area contributed by atoms with Gasteiger partial charge in [-0.2, -0.15) is 0 Å². The maximum Gasteiger partial charge on any atom is 0.160 e. The molecule has 3 heterocycles. The van der Waals surface area contributed by atoms with Gasteiger partial charge in [0, 0.05) is 25.6 Å². The topological polar surface area (TPSA) is 48.5 Å². The van der Waals surface area contributed by atoms with Crippen LogP contribution in [-0.2, 0) is 13.6 Å². The van der Waals surface area contributed by atoms with Crippen molar-refractivity contribution >= 4 is 34.4 Å². The first-order valence-electron chi connectivity index (χ1n) is 6.18. The Balaban J connectivity index is 2.16. The summed E-state index contributed by atoms with van der Waals surface area (Å²) in [5, 5.41) is 0.344. The van der Waals surface area contributed by atoms with Crippen LogP contribution in [-0.4, -0.2) is 24.1 Å². The standard InChI is InChI=1S/C13H13Cl2N5/c1-8(14)12-18-10-5-9(15)6-17-13(10)20(12)7-11-16-3-4-19(11)2/h3-6,8H,7H2,1-2H3. The Hall–Kier alpha value is -1.59. The highest BCUT2D eigenvalue weighted by Gasteiger charge is 2.17. The minimum Gasteiger partial charge on any atom is -0.337 e. The number of nitrogens with zero attached hydrogens (tertiary/aromatic N) is 5. The number of pyridine rings is 1. The maximum atomic E-state index is 6.23. The molecule has 0 radical (unpaired) electrons. The summed E-state index contributed by atoms with van der Waals surface area (Å²) in [4.78, 5) is 13.2. The van der Waals surface area contributed by atoms with Crippen LogP contribution in [0.2, 0.25) is 5.02 Å². The lowest BCUT2D eigenvalue weighted by Crippen LogP contribution is -2.10. The molecule has 0 saturated heterocycles. The molecule has 0 aliphatic rings. The molecular formula is C13H13Cl2N5. The molecule has 0 amide bonds. The Morgan fingerprint density at radius 2 is 2.15 bits per heavy atom. The Labute approximate surface area is 126 Å². The van der Waals surface area contributed by atoms with Crippen molar-refractivity contribution in [3.63, 3.8) is 0 Å². The number of halogens is 2. The second-order valence-corrected chi connectivity index (χ2v) is 5.71. The number of rotatable bonds is 3. The van der Waals surface area contributed by atoms with E-state index in [1.807, 2.05) is 29.3 Å². The van der Waals surface area contributed by atoms with E-state index >= 15 is 0 Å². The van der Waals surface area contributed by atoms with E-state index in [1.165, 1.54) is 0 Å². The average molecular weight is 310 g/mol. The van der Waals surface area contributed by atoms with Crippen LogP contribution in [0, 0.1) is 0 Å². The zero-order valence-corrected chi connectivity index (χ0v) is 12.6. The largest absolute Gasteiger partial charge is 0.337 e. The molecule has 0 aliphatic carbocycles. The van der Waals surface area contributed by atoms with Gasteiger partial charge in [-0.3, -0.25) is 0 Å². The lowest BCUT2D eigenvalue weighted by molar-refractivity contribution is 0.672. The highest BCUT2D eigenvalue weighted by atomic mass is 35.5. The molecule has 20 heavy (non-hydrogen) atoms. The normalized spacial score (nSPS) is 13.0. The van der Waals surface area contributed by atoms with Crippen molar-refractivity contribution in [3.05, 3.63) is 41.3 Å². The van der Waals surface area contributed by atoms with Crippen molar-refractivity contribution in [2.24, 2.45) is 7.05 Å².